The van der Waals surface area contributed by atoms with Crippen molar-refractivity contribution in [2.24, 2.45) is 0 Å². The maximum Gasteiger partial charge on any atom is 0.189 e. The summed E-state index contributed by atoms with van der Waals surface area (Å²) in [6.07, 6.45) is 1.78. The molecule has 2 saturated heterocycles. The van der Waals surface area contributed by atoms with Gasteiger partial charge in [-0.1, -0.05) is 27.7 Å². The van der Waals surface area contributed by atoms with E-state index in [0.29, 0.717) is 47.3 Å². The summed E-state index contributed by atoms with van der Waals surface area (Å²) in [6, 6.07) is 9.23. The first-order valence-electron chi connectivity index (χ1n) is 22.0. The minimum absolute atomic E-state index is 0.200. The predicted molar refractivity (Wildman–Crippen MR) is 235 cm³/mol. The van der Waals surface area contributed by atoms with Crippen molar-refractivity contribution in [3.05, 3.63) is 67.8 Å². The summed E-state index contributed by atoms with van der Waals surface area (Å²) >= 11 is 0. The van der Waals surface area contributed by atoms with Gasteiger partial charge >= 0.3 is 0 Å². The van der Waals surface area contributed by atoms with Crippen molar-refractivity contribution in [2.75, 3.05) is 107 Å². The maximum atomic E-state index is 10.6. The first kappa shape index (κ1) is 43.3. The van der Waals surface area contributed by atoms with Gasteiger partial charge in [0.1, 0.15) is 23.3 Å². The fourth-order valence-corrected chi connectivity index (χ4v) is 11.5. The van der Waals surface area contributed by atoms with E-state index in [1.165, 1.54) is 27.8 Å². The van der Waals surface area contributed by atoms with Crippen LogP contribution in [0.4, 0.5) is 0 Å². The highest BCUT2D eigenvalue weighted by molar-refractivity contribution is 5.75. The lowest BCUT2D eigenvalue weighted by Gasteiger charge is -2.39. The van der Waals surface area contributed by atoms with Gasteiger partial charge in [0.25, 0.3) is 0 Å². The number of rotatable bonds is 12. The Morgan fingerprint density at radius 3 is 1.54 bits per heavy atom. The van der Waals surface area contributed by atoms with E-state index in [1.807, 2.05) is 13.8 Å². The summed E-state index contributed by atoms with van der Waals surface area (Å²) in [7, 11) is 7.06. The van der Waals surface area contributed by atoms with Crippen LogP contribution in [0.2, 0.25) is 0 Å². The average molecular weight is 833 g/mol. The number of fused-ring (bicyclic) bond motifs is 6. The van der Waals surface area contributed by atoms with Gasteiger partial charge in [-0.2, -0.15) is 10.5 Å². The van der Waals surface area contributed by atoms with Gasteiger partial charge in [-0.15, -0.1) is 0 Å². The average Bonchev–Trinajstić information content (AvgIpc) is 3.61. The van der Waals surface area contributed by atoms with E-state index < -0.39 is 5.41 Å². The highest BCUT2D eigenvalue weighted by atomic mass is 16.6. The summed E-state index contributed by atoms with van der Waals surface area (Å²) in [6.45, 7) is 25.5. The Hall–Kier alpha value is -4.40. The fourth-order valence-electron chi connectivity index (χ4n) is 11.5. The second-order valence-corrected chi connectivity index (χ2v) is 19.1. The third kappa shape index (κ3) is 7.33. The van der Waals surface area contributed by atoms with Crippen molar-refractivity contribution in [1.82, 2.24) is 19.6 Å². The van der Waals surface area contributed by atoms with Crippen LogP contribution < -0.4 is 18.9 Å². The third-order valence-electron chi connectivity index (χ3n) is 14.5. The molecule has 0 radical (unpaired) electrons. The molecule has 0 saturated carbocycles. The molecule has 0 N–H and O–H groups in total. The van der Waals surface area contributed by atoms with Crippen LogP contribution in [0, 0.1) is 36.5 Å². The van der Waals surface area contributed by atoms with Crippen molar-refractivity contribution in [3.63, 3.8) is 0 Å². The number of piperazine rings is 2. The van der Waals surface area contributed by atoms with E-state index in [9.17, 15) is 10.5 Å². The van der Waals surface area contributed by atoms with Gasteiger partial charge in [-0.05, 0) is 83.0 Å². The minimum Gasteiger partial charge on any atom is -0.493 e. The molecule has 5 aliphatic rings. The molecule has 1 spiro atoms. The number of nitrogens with zero attached hydrogens (tertiary/aromatic N) is 6. The predicted octanol–water partition coefficient (Wildman–Crippen LogP) is 7.14. The molecule has 2 fully saturated rings. The van der Waals surface area contributed by atoms with Crippen LogP contribution in [0.15, 0.2) is 12.1 Å². The van der Waals surface area contributed by atoms with Crippen LogP contribution >= 0.6 is 0 Å². The molecular weight excluding hydrogens is 769 g/mol. The van der Waals surface area contributed by atoms with Gasteiger partial charge in [0.2, 0.25) is 0 Å². The quantitative estimate of drug-likeness (QED) is 0.145. The third-order valence-corrected chi connectivity index (χ3v) is 14.5. The number of hydrogen-bond acceptors (Lipinski definition) is 12. The smallest absolute Gasteiger partial charge is 0.189 e. The molecule has 326 valence electrons. The molecule has 3 aromatic rings. The molecule has 8 rings (SSSR count). The van der Waals surface area contributed by atoms with Crippen molar-refractivity contribution < 1.29 is 28.4 Å². The van der Waals surface area contributed by atoms with Crippen LogP contribution in [0.5, 0.6) is 34.5 Å². The Balaban J connectivity index is 1.34. The van der Waals surface area contributed by atoms with E-state index in [4.69, 9.17) is 28.4 Å². The lowest BCUT2D eigenvalue weighted by Crippen LogP contribution is -2.47. The minimum atomic E-state index is -0.403. The second-order valence-electron chi connectivity index (χ2n) is 19.1. The Labute approximate surface area is 362 Å². The Morgan fingerprint density at radius 2 is 1.07 bits per heavy atom. The van der Waals surface area contributed by atoms with Crippen molar-refractivity contribution in [1.29, 1.82) is 10.5 Å². The molecule has 0 amide bonds. The zero-order valence-corrected chi connectivity index (χ0v) is 38.1. The van der Waals surface area contributed by atoms with E-state index in [2.05, 4.69) is 71.6 Å². The first-order chi connectivity index (χ1) is 29.2. The van der Waals surface area contributed by atoms with E-state index >= 15 is 0 Å². The highest BCUT2D eigenvalue weighted by Gasteiger charge is 2.60. The molecule has 0 bridgehead atoms. The lowest BCUT2D eigenvalue weighted by molar-refractivity contribution is 0.0928. The van der Waals surface area contributed by atoms with Gasteiger partial charge in [-0.3, -0.25) is 19.6 Å². The second kappa shape index (κ2) is 16.7. The van der Waals surface area contributed by atoms with Crippen molar-refractivity contribution in [3.8, 4) is 46.6 Å². The van der Waals surface area contributed by atoms with Crippen LogP contribution in [0.3, 0.4) is 0 Å². The number of benzene rings is 3. The summed E-state index contributed by atoms with van der Waals surface area (Å²) in [5.74, 6) is 3.48. The largest absolute Gasteiger partial charge is 0.493 e. The van der Waals surface area contributed by atoms with E-state index in [-0.39, 0.29) is 10.8 Å². The maximum absolute atomic E-state index is 10.6. The van der Waals surface area contributed by atoms with Crippen molar-refractivity contribution >= 4 is 0 Å². The summed E-state index contributed by atoms with van der Waals surface area (Å²) < 4.78 is 37.4. The first-order valence-corrected chi connectivity index (χ1v) is 22.0. The summed E-state index contributed by atoms with van der Waals surface area (Å²) in [5, 5.41) is 21.0. The van der Waals surface area contributed by atoms with Gasteiger partial charge < -0.3 is 28.4 Å². The molecular formula is C49H64N6O6. The number of nitriles is 2. The van der Waals surface area contributed by atoms with Crippen molar-refractivity contribution in [2.45, 2.75) is 83.7 Å². The fraction of sp³-hybridized carbons (Fsp3) is 0.592. The zero-order chi connectivity index (χ0) is 43.4. The highest BCUT2D eigenvalue weighted by Crippen LogP contribution is 2.68. The molecule has 12 nitrogen and oxygen atoms in total. The monoisotopic (exact) mass is 832 g/mol. The normalized spacial score (nSPS) is 21.8. The molecule has 3 aliphatic heterocycles. The lowest BCUT2D eigenvalue weighted by atomic mass is 9.70. The molecule has 0 aromatic heterocycles. The zero-order valence-electron chi connectivity index (χ0n) is 38.1. The van der Waals surface area contributed by atoms with Crippen LogP contribution in [-0.4, -0.2) is 127 Å². The standard InChI is InChI=1S/C49H64N6O6/c1-31-32(2)34(26-51)46-45(33(31)25-50)60-40-24-38-42(36(44(40)61-46)28-55-17-13-53(14-18-55)20-22-57-8)49(30-48(38,5)6)29-47(3,4)37-23-39(58-9)43(59-10)35(41(37)49)27-54-15-11-52(12-16-54)19-21-56-7/h23-24H,11-22,27-30H2,1-10H3. The summed E-state index contributed by atoms with van der Waals surface area (Å²) in [4.78, 5) is 10.1. The van der Waals surface area contributed by atoms with Gasteiger partial charge in [-0.25, -0.2) is 0 Å². The van der Waals surface area contributed by atoms with E-state index in [0.717, 1.165) is 120 Å². The van der Waals surface area contributed by atoms with Gasteiger partial charge in [0, 0.05) is 109 Å². The van der Waals surface area contributed by atoms with Crippen LogP contribution in [-0.2, 0) is 38.8 Å². The number of hydrogen-bond donors (Lipinski definition) is 0. The Bertz CT molecular complexity index is 2280. The van der Waals surface area contributed by atoms with Crippen LogP contribution in [0.1, 0.15) is 96.2 Å². The molecule has 2 aliphatic carbocycles. The summed E-state index contributed by atoms with van der Waals surface area (Å²) in [5.41, 5.74) is 8.91. The molecule has 1 atom stereocenters. The Morgan fingerprint density at radius 1 is 0.607 bits per heavy atom. The topological polar surface area (TPSA) is 116 Å². The molecule has 12 heteroatoms. The SMILES string of the molecule is COCCN1CCN(Cc2c(OC)c(OC)cc3c2C2(CC3(C)C)CC(C)(C)c3cc4c(c(CN5CCN(CCOC)CC5)c32)Oc2c(C#N)c(C)c(C)c(C#N)c2O4)CC1. The van der Waals surface area contributed by atoms with Gasteiger partial charge in [0.05, 0.1) is 27.4 Å². The molecule has 3 heterocycles. The molecule has 61 heavy (non-hydrogen) atoms. The number of methoxy groups -OCH3 is 4. The number of ether oxygens (including phenoxy) is 6. The van der Waals surface area contributed by atoms with Gasteiger partial charge in [0.15, 0.2) is 34.5 Å². The molecule has 3 aromatic carbocycles. The Kier molecular flexibility index (Phi) is 11.8. The molecule has 1 unspecified atom stereocenters. The van der Waals surface area contributed by atoms with E-state index in [1.54, 1.807) is 28.4 Å². The van der Waals surface area contributed by atoms with Crippen LogP contribution in [0.25, 0.3) is 0 Å².